The minimum absolute atomic E-state index is 0.104. The van der Waals surface area contributed by atoms with Gasteiger partial charge in [0.05, 0.1) is 12.5 Å². The van der Waals surface area contributed by atoms with E-state index in [9.17, 15) is 4.39 Å². The summed E-state index contributed by atoms with van der Waals surface area (Å²) in [5, 5.41) is 3.35. The summed E-state index contributed by atoms with van der Waals surface area (Å²) < 4.78 is 19.1. The lowest BCUT2D eigenvalue weighted by Crippen LogP contribution is -2.23. The fourth-order valence-electron chi connectivity index (χ4n) is 2.52. The van der Waals surface area contributed by atoms with Crippen LogP contribution in [0.4, 0.5) is 10.1 Å². The van der Waals surface area contributed by atoms with Gasteiger partial charge >= 0.3 is 0 Å². The molecular formula is C17H23FN2O. The molecule has 0 bridgehead atoms. The van der Waals surface area contributed by atoms with Crippen LogP contribution in [0.25, 0.3) is 0 Å². The first-order valence-corrected chi connectivity index (χ1v) is 7.28. The molecule has 0 spiro atoms. The van der Waals surface area contributed by atoms with Crippen LogP contribution in [0.3, 0.4) is 0 Å². The van der Waals surface area contributed by atoms with E-state index in [2.05, 4.69) is 24.1 Å². The first-order chi connectivity index (χ1) is 10.0. The Labute approximate surface area is 125 Å². The molecule has 0 aliphatic heterocycles. The van der Waals surface area contributed by atoms with E-state index in [0.717, 1.165) is 29.9 Å². The third-order valence-electron chi connectivity index (χ3n) is 3.70. The molecule has 1 unspecified atom stereocenters. The fourth-order valence-corrected chi connectivity index (χ4v) is 2.52. The van der Waals surface area contributed by atoms with E-state index in [4.69, 9.17) is 4.42 Å². The number of nitrogens with one attached hydrogen (secondary N) is 1. The second-order valence-corrected chi connectivity index (χ2v) is 5.43. The Hall–Kier alpha value is -1.81. The summed E-state index contributed by atoms with van der Waals surface area (Å²) in [5.74, 6) is -0.157. The molecule has 2 rings (SSSR count). The van der Waals surface area contributed by atoms with E-state index >= 15 is 0 Å². The number of anilines is 1. The highest BCUT2D eigenvalue weighted by molar-refractivity contribution is 5.57. The molecule has 1 N–H and O–H groups in total. The maximum Gasteiger partial charge on any atom is 0.126 e. The van der Waals surface area contributed by atoms with Crippen LogP contribution in [0.15, 0.2) is 35.1 Å². The Bertz CT molecular complexity index is 581. The van der Waals surface area contributed by atoms with Crippen molar-refractivity contribution >= 4 is 5.69 Å². The van der Waals surface area contributed by atoms with Gasteiger partial charge < -0.3 is 14.6 Å². The summed E-state index contributed by atoms with van der Waals surface area (Å²) in [6.07, 6.45) is 3.40. The van der Waals surface area contributed by atoms with Crippen LogP contribution in [-0.4, -0.2) is 13.6 Å². The molecule has 0 saturated heterocycles. The van der Waals surface area contributed by atoms with Gasteiger partial charge in [-0.15, -0.1) is 0 Å². The van der Waals surface area contributed by atoms with Crippen molar-refractivity contribution in [1.29, 1.82) is 0 Å². The first-order valence-electron chi connectivity index (χ1n) is 7.28. The third-order valence-corrected chi connectivity index (χ3v) is 3.70. The van der Waals surface area contributed by atoms with Crippen molar-refractivity contribution in [3.8, 4) is 0 Å². The monoisotopic (exact) mass is 290 g/mol. The molecule has 114 valence electrons. The van der Waals surface area contributed by atoms with Crippen molar-refractivity contribution < 1.29 is 8.81 Å². The van der Waals surface area contributed by atoms with Crippen molar-refractivity contribution in [2.45, 2.75) is 33.4 Å². The predicted octanol–water partition coefficient (Wildman–Crippen LogP) is 4.03. The maximum absolute atomic E-state index is 13.9. The van der Waals surface area contributed by atoms with Gasteiger partial charge in [0.15, 0.2) is 0 Å². The number of benzene rings is 1. The Morgan fingerprint density at radius 3 is 2.76 bits per heavy atom. The Balaban J connectivity index is 2.33. The molecule has 2 aromatic rings. The van der Waals surface area contributed by atoms with Gasteiger partial charge in [0, 0.05) is 30.9 Å². The van der Waals surface area contributed by atoms with Gasteiger partial charge in [0.2, 0.25) is 0 Å². The molecule has 0 aliphatic carbocycles. The first kappa shape index (κ1) is 15.6. The van der Waals surface area contributed by atoms with E-state index in [1.54, 1.807) is 25.5 Å². The average molecular weight is 290 g/mol. The molecule has 0 saturated carbocycles. The summed E-state index contributed by atoms with van der Waals surface area (Å²) in [5.41, 5.74) is 3.78. The van der Waals surface area contributed by atoms with Crippen LogP contribution in [0.2, 0.25) is 0 Å². The molecule has 1 heterocycles. The van der Waals surface area contributed by atoms with Gasteiger partial charge in [0.1, 0.15) is 5.82 Å². The van der Waals surface area contributed by atoms with Gasteiger partial charge in [-0.25, -0.2) is 4.39 Å². The molecule has 1 atom stereocenters. The lowest BCUT2D eigenvalue weighted by atomic mass is 10.0. The molecule has 1 aromatic heterocycles. The quantitative estimate of drug-likeness (QED) is 0.870. The van der Waals surface area contributed by atoms with Gasteiger partial charge in [-0.1, -0.05) is 6.92 Å². The van der Waals surface area contributed by atoms with Crippen LogP contribution >= 0.6 is 0 Å². The summed E-state index contributed by atoms with van der Waals surface area (Å²) in [7, 11) is 2.02. The van der Waals surface area contributed by atoms with E-state index in [1.807, 2.05) is 19.2 Å². The molecule has 4 heteroatoms. The Morgan fingerprint density at radius 2 is 2.14 bits per heavy atom. The van der Waals surface area contributed by atoms with E-state index in [-0.39, 0.29) is 11.9 Å². The maximum atomic E-state index is 13.9. The molecule has 21 heavy (non-hydrogen) atoms. The minimum Gasteiger partial charge on any atom is -0.472 e. The number of hydrogen-bond donors (Lipinski definition) is 1. The van der Waals surface area contributed by atoms with Crippen LogP contribution < -0.4 is 10.2 Å². The Morgan fingerprint density at radius 1 is 1.38 bits per heavy atom. The zero-order chi connectivity index (χ0) is 15.4. The molecule has 0 amide bonds. The SMILES string of the molecule is CCNC(C)c1cc(F)c(C)cc1N(C)Cc1ccoc1. The van der Waals surface area contributed by atoms with E-state index in [0.29, 0.717) is 5.56 Å². The largest absolute Gasteiger partial charge is 0.472 e. The molecule has 0 fully saturated rings. The van der Waals surface area contributed by atoms with Crippen molar-refractivity contribution in [2.24, 2.45) is 0 Å². The summed E-state index contributed by atoms with van der Waals surface area (Å²) in [6.45, 7) is 7.49. The molecule has 3 nitrogen and oxygen atoms in total. The minimum atomic E-state index is -0.157. The Kier molecular flexibility index (Phi) is 5.02. The summed E-state index contributed by atoms with van der Waals surface area (Å²) >= 11 is 0. The van der Waals surface area contributed by atoms with Crippen LogP contribution in [0, 0.1) is 12.7 Å². The second kappa shape index (κ2) is 6.76. The smallest absolute Gasteiger partial charge is 0.126 e. The normalized spacial score (nSPS) is 12.4. The summed E-state index contributed by atoms with van der Waals surface area (Å²) in [4.78, 5) is 2.13. The van der Waals surface area contributed by atoms with Crippen molar-refractivity contribution in [3.05, 3.63) is 53.2 Å². The third kappa shape index (κ3) is 3.64. The lowest BCUT2D eigenvalue weighted by Gasteiger charge is -2.26. The highest BCUT2D eigenvalue weighted by Gasteiger charge is 2.16. The summed E-state index contributed by atoms with van der Waals surface area (Å²) in [6, 6.07) is 5.61. The highest BCUT2D eigenvalue weighted by atomic mass is 19.1. The predicted molar refractivity (Wildman–Crippen MR) is 84.0 cm³/mol. The zero-order valence-electron chi connectivity index (χ0n) is 13.1. The van der Waals surface area contributed by atoms with Gasteiger partial charge in [0.25, 0.3) is 0 Å². The molecular weight excluding hydrogens is 267 g/mol. The number of nitrogens with zero attached hydrogens (tertiary/aromatic N) is 1. The number of hydrogen-bond acceptors (Lipinski definition) is 3. The number of rotatable bonds is 6. The molecule has 0 aliphatic rings. The average Bonchev–Trinajstić information content (AvgIpc) is 2.94. The number of aryl methyl sites for hydroxylation is 1. The van der Waals surface area contributed by atoms with Gasteiger partial charge in [-0.2, -0.15) is 0 Å². The van der Waals surface area contributed by atoms with Crippen LogP contribution in [-0.2, 0) is 6.54 Å². The number of halogens is 1. The fraction of sp³-hybridized carbons (Fsp3) is 0.412. The topological polar surface area (TPSA) is 28.4 Å². The van der Waals surface area contributed by atoms with Crippen molar-refractivity contribution in [1.82, 2.24) is 5.32 Å². The van der Waals surface area contributed by atoms with Gasteiger partial charge in [-0.05, 0) is 49.7 Å². The van der Waals surface area contributed by atoms with Crippen molar-refractivity contribution in [3.63, 3.8) is 0 Å². The van der Waals surface area contributed by atoms with E-state index < -0.39 is 0 Å². The zero-order valence-corrected chi connectivity index (χ0v) is 13.1. The van der Waals surface area contributed by atoms with E-state index in [1.165, 1.54) is 0 Å². The van der Waals surface area contributed by atoms with Gasteiger partial charge in [-0.3, -0.25) is 0 Å². The number of furan rings is 1. The molecule has 0 radical (unpaired) electrons. The lowest BCUT2D eigenvalue weighted by molar-refractivity contribution is 0.563. The molecule has 1 aromatic carbocycles. The second-order valence-electron chi connectivity index (χ2n) is 5.43. The van der Waals surface area contributed by atoms with Crippen molar-refractivity contribution in [2.75, 3.05) is 18.5 Å². The van der Waals surface area contributed by atoms with Crippen LogP contribution in [0.5, 0.6) is 0 Å². The standard InChI is InChI=1S/C17H23FN2O/c1-5-19-13(3)15-9-16(18)12(2)8-17(15)20(4)10-14-6-7-21-11-14/h6-9,11,13,19H,5,10H2,1-4H3. The highest BCUT2D eigenvalue weighted by Crippen LogP contribution is 2.29. The van der Waals surface area contributed by atoms with Crippen LogP contribution in [0.1, 0.15) is 36.6 Å².